The van der Waals surface area contributed by atoms with Crippen molar-refractivity contribution in [2.75, 3.05) is 6.79 Å². The topological polar surface area (TPSA) is 70.3 Å². The minimum Gasteiger partial charge on any atom is -0.454 e. The number of para-hydroxylation sites is 1. The maximum absolute atomic E-state index is 13.1. The van der Waals surface area contributed by atoms with Crippen LogP contribution in [0.3, 0.4) is 0 Å². The Morgan fingerprint density at radius 2 is 1.94 bits per heavy atom. The fourth-order valence-electron chi connectivity index (χ4n) is 3.53. The van der Waals surface area contributed by atoms with E-state index in [0.717, 1.165) is 11.3 Å². The van der Waals surface area contributed by atoms with Crippen molar-refractivity contribution in [2.45, 2.75) is 6.54 Å². The van der Waals surface area contributed by atoms with Crippen LogP contribution in [0.1, 0.15) is 16.1 Å². The number of aromatic nitrogens is 3. The molecule has 4 aromatic rings. The molecule has 0 saturated heterocycles. The van der Waals surface area contributed by atoms with E-state index in [1.807, 2.05) is 66.3 Å². The number of carbonyl (C=O) groups is 1. The fraction of sp³-hybridized carbons (Fsp3) is 0.130. The van der Waals surface area contributed by atoms with Crippen LogP contribution in [0, 0.1) is 0 Å². The number of rotatable bonds is 5. The number of hydrogen-bond acceptors (Lipinski definition) is 4. The van der Waals surface area contributed by atoms with Gasteiger partial charge in [-0.15, -0.1) is 0 Å². The number of nitrogens with zero attached hydrogens (tertiary/aromatic N) is 3. The van der Waals surface area contributed by atoms with Crippen LogP contribution in [0.4, 0.5) is 0 Å². The number of aryl methyl sites for hydroxylation is 1. The van der Waals surface area contributed by atoms with Gasteiger partial charge in [0.15, 0.2) is 11.5 Å². The average molecular weight is 435 g/mol. The summed E-state index contributed by atoms with van der Waals surface area (Å²) in [5.74, 6) is 1.13. The van der Waals surface area contributed by atoms with Crippen molar-refractivity contribution in [1.82, 2.24) is 19.7 Å². The lowest BCUT2D eigenvalue weighted by atomic mass is 10.2. The van der Waals surface area contributed by atoms with Crippen LogP contribution in [0.15, 0.2) is 66.9 Å². The molecule has 2 aromatic heterocycles. The summed E-state index contributed by atoms with van der Waals surface area (Å²) >= 11 is 6.40. The van der Waals surface area contributed by atoms with Crippen molar-refractivity contribution in [3.63, 3.8) is 0 Å². The van der Waals surface area contributed by atoms with Crippen LogP contribution in [-0.2, 0) is 13.6 Å². The Morgan fingerprint density at radius 3 is 2.74 bits per heavy atom. The summed E-state index contributed by atoms with van der Waals surface area (Å²) in [4.78, 5) is 13.1. The van der Waals surface area contributed by atoms with Crippen molar-refractivity contribution in [3.8, 4) is 28.6 Å². The summed E-state index contributed by atoms with van der Waals surface area (Å²) in [6.45, 7) is 0.548. The monoisotopic (exact) mass is 434 g/mol. The lowest BCUT2D eigenvalue weighted by Gasteiger charge is -2.10. The summed E-state index contributed by atoms with van der Waals surface area (Å²) in [7, 11) is 1.93. The van der Waals surface area contributed by atoms with E-state index in [1.54, 1.807) is 16.8 Å². The number of nitrogens with one attached hydrogen (secondary N) is 1. The van der Waals surface area contributed by atoms with Crippen LogP contribution >= 0.6 is 11.6 Å². The zero-order chi connectivity index (χ0) is 21.4. The number of hydrogen-bond donors (Lipinski definition) is 1. The molecule has 3 heterocycles. The van der Waals surface area contributed by atoms with Gasteiger partial charge in [-0.25, -0.2) is 4.68 Å². The molecule has 0 atom stereocenters. The molecule has 2 aromatic carbocycles. The van der Waals surface area contributed by atoms with Gasteiger partial charge in [0, 0.05) is 19.8 Å². The summed E-state index contributed by atoms with van der Waals surface area (Å²) in [5.41, 5.74) is 3.52. The zero-order valence-electron chi connectivity index (χ0n) is 16.7. The Morgan fingerprint density at radius 1 is 1.10 bits per heavy atom. The average Bonchev–Trinajstić information content (AvgIpc) is 3.51. The number of amides is 1. The standard InChI is InChI=1S/C23H19ClN4O3/c1-27-10-4-7-19(27)17-12-20(28(26-17)18-6-3-2-5-16(18)24)23(29)25-13-15-8-9-21-22(11-15)31-14-30-21/h2-12H,13-14H2,1H3,(H,25,29). The number of carbonyl (C=O) groups excluding carboxylic acids is 1. The molecule has 7 nitrogen and oxygen atoms in total. The summed E-state index contributed by atoms with van der Waals surface area (Å²) in [6, 6.07) is 18.6. The molecule has 8 heteroatoms. The molecule has 5 rings (SSSR count). The molecule has 1 amide bonds. The summed E-state index contributed by atoms with van der Waals surface area (Å²) in [6.07, 6.45) is 1.93. The minimum atomic E-state index is -0.259. The Kier molecular flexibility index (Phi) is 4.88. The summed E-state index contributed by atoms with van der Waals surface area (Å²) < 4.78 is 14.3. The molecule has 31 heavy (non-hydrogen) atoms. The van der Waals surface area contributed by atoms with E-state index in [1.165, 1.54) is 0 Å². The van der Waals surface area contributed by atoms with Gasteiger partial charge in [-0.2, -0.15) is 5.10 Å². The predicted octanol–water partition coefficient (Wildman–Crippen LogP) is 4.19. The van der Waals surface area contributed by atoms with Crippen molar-refractivity contribution < 1.29 is 14.3 Å². The number of ether oxygens (including phenoxy) is 2. The fourth-order valence-corrected chi connectivity index (χ4v) is 3.74. The third-order valence-corrected chi connectivity index (χ3v) is 5.44. The maximum atomic E-state index is 13.1. The molecule has 0 aliphatic carbocycles. The zero-order valence-corrected chi connectivity index (χ0v) is 17.5. The van der Waals surface area contributed by atoms with Crippen molar-refractivity contribution in [2.24, 2.45) is 7.05 Å². The highest BCUT2D eigenvalue weighted by Crippen LogP contribution is 2.32. The normalized spacial score (nSPS) is 12.2. The highest BCUT2D eigenvalue weighted by Gasteiger charge is 2.20. The lowest BCUT2D eigenvalue weighted by molar-refractivity contribution is 0.0943. The highest BCUT2D eigenvalue weighted by atomic mass is 35.5. The molecule has 0 saturated carbocycles. The molecule has 0 fully saturated rings. The number of benzene rings is 2. The first-order valence-corrected chi connectivity index (χ1v) is 10.1. The van der Waals surface area contributed by atoms with Gasteiger partial charge in [0.2, 0.25) is 6.79 Å². The first kappa shape index (κ1) is 19.3. The van der Waals surface area contributed by atoms with Gasteiger partial charge in [-0.3, -0.25) is 4.79 Å². The largest absolute Gasteiger partial charge is 0.454 e. The third-order valence-electron chi connectivity index (χ3n) is 5.12. The van der Waals surface area contributed by atoms with E-state index in [9.17, 15) is 4.79 Å². The van der Waals surface area contributed by atoms with E-state index in [0.29, 0.717) is 40.1 Å². The van der Waals surface area contributed by atoms with Crippen molar-refractivity contribution in [1.29, 1.82) is 0 Å². The second-order valence-electron chi connectivity index (χ2n) is 7.15. The van der Waals surface area contributed by atoms with E-state index in [2.05, 4.69) is 10.4 Å². The van der Waals surface area contributed by atoms with Crippen LogP contribution in [-0.4, -0.2) is 27.0 Å². The molecule has 156 valence electrons. The van der Waals surface area contributed by atoms with Gasteiger partial charge in [-0.05, 0) is 48.0 Å². The van der Waals surface area contributed by atoms with Crippen molar-refractivity contribution in [3.05, 3.63) is 83.1 Å². The lowest BCUT2D eigenvalue weighted by Crippen LogP contribution is -2.25. The summed E-state index contributed by atoms with van der Waals surface area (Å²) in [5, 5.41) is 8.15. The van der Waals surface area contributed by atoms with E-state index in [4.69, 9.17) is 21.1 Å². The number of fused-ring (bicyclic) bond motifs is 1. The molecular weight excluding hydrogens is 416 g/mol. The molecule has 0 unspecified atom stereocenters. The Bertz CT molecular complexity index is 1280. The van der Waals surface area contributed by atoms with Gasteiger partial charge in [0.25, 0.3) is 5.91 Å². The van der Waals surface area contributed by atoms with E-state index >= 15 is 0 Å². The van der Waals surface area contributed by atoms with E-state index < -0.39 is 0 Å². The molecule has 1 aliphatic heterocycles. The molecule has 0 spiro atoms. The van der Waals surface area contributed by atoms with Crippen LogP contribution in [0.5, 0.6) is 11.5 Å². The Labute approximate surface area is 183 Å². The molecular formula is C23H19ClN4O3. The first-order valence-electron chi connectivity index (χ1n) is 9.73. The third kappa shape index (κ3) is 3.64. The molecule has 0 radical (unpaired) electrons. The Hall–Kier alpha value is -3.71. The van der Waals surface area contributed by atoms with Crippen LogP contribution in [0.2, 0.25) is 5.02 Å². The van der Waals surface area contributed by atoms with Gasteiger partial charge < -0.3 is 19.4 Å². The van der Waals surface area contributed by atoms with Gasteiger partial charge >= 0.3 is 0 Å². The van der Waals surface area contributed by atoms with Gasteiger partial charge in [-0.1, -0.05) is 29.8 Å². The first-order chi connectivity index (χ1) is 15.1. The SMILES string of the molecule is Cn1cccc1-c1cc(C(=O)NCc2ccc3c(c2)OCO3)n(-c2ccccc2Cl)n1. The maximum Gasteiger partial charge on any atom is 0.270 e. The second-order valence-corrected chi connectivity index (χ2v) is 7.56. The second kappa shape index (κ2) is 7.85. The quantitative estimate of drug-likeness (QED) is 0.511. The predicted molar refractivity (Wildman–Crippen MR) is 117 cm³/mol. The van der Waals surface area contributed by atoms with Gasteiger partial charge in [0.05, 0.1) is 16.4 Å². The van der Waals surface area contributed by atoms with Crippen LogP contribution in [0.25, 0.3) is 17.1 Å². The van der Waals surface area contributed by atoms with Crippen LogP contribution < -0.4 is 14.8 Å². The van der Waals surface area contributed by atoms with Crippen molar-refractivity contribution >= 4 is 17.5 Å². The molecule has 1 aliphatic rings. The molecule has 1 N–H and O–H groups in total. The Balaban J connectivity index is 1.47. The highest BCUT2D eigenvalue weighted by molar-refractivity contribution is 6.32. The smallest absolute Gasteiger partial charge is 0.270 e. The van der Waals surface area contributed by atoms with Gasteiger partial charge in [0.1, 0.15) is 11.4 Å². The minimum absolute atomic E-state index is 0.212. The van der Waals surface area contributed by atoms with E-state index in [-0.39, 0.29) is 12.7 Å². The molecule has 0 bridgehead atoms. The number of halogens is 1.